The van der Waals surface area contributed by atoms with Gasteiger partial charge in [-0.25, -0.2) is 0 Å². The third kappa shape index (κ3) is 45.8. The van der Waals surface area contributed by atoms with Gasteiger partial charge in [-0.3, -0.25) is 9.59 Å². The lowest BCUT2D eigenvalue weighted by Crippen LogP contribution is -2.61. The van der Waals surface area contributed by atoms with E-state index in [1.807, 2.05) is 12.2 Å². The summed E-state index contributed by atoms with van der Waals surface area (Å²) in [6, 6.07) is -1.06. The Hall–Kier alpha value is -4.20. The minimum Gasteiger partial charge on any atom is -0.454 e. The monoisotopic (exact) mass is 1160 g/mol. The molecule has 0 spiro atoms. The van der Waals surface area contributed by atoms with Crippen molar-refractivity contribution in [1.82, 2.24) is 5.32 Å². The van der Waals surface area contributed by atoms with Crippen molar-refractivity contribution in [3.05, 3.63) is 134 Å². The molecule has 472 valence electrons. The van der Waals surface area contributed by atoms with Gasteiger partial charge >= 0.3 is 5.97 Å². The molecule has 0 saturated carbocycles. The Morgan fingerprint density at radius 2 is 0.867 bits per heavy atom. The Bertz CT molecular complexity index is 1860. The second kappa shape index (κ2) is 58.2. The van der Waals surface area contributed by atoms with E-state index in [0.717, 1.165) is 116 Å². The molecule has 6 N–H and O–H groups in total. The topological polar surface area (TPSA) is 175 Å². The number of nitrogens with one attached hydrogen (secondary N) is 1. The van der Waals surface area contributed by atoms with Crippen LogP contribution in [0.4, 0.5) is 0 Å². The van der Waals surface area contributed by atoms with Gasteiger partial charge in [-0.1, -0.05) is 251 Å². The standard InChI is InChI=1S/C72H119NO10/c1-4-7-10-13-16-19-22-25-27-29-31-33-35-37-39-42-45-48-51-54-57-60-67(77)83-70-69(79)68(78)66(61-74)82-72(70)81-62-63(64(75)58-55-52-49-46-43-40-24-21-18-15-12-9-6-3)73-71(80)65(76)59-56-53-50-47-44-41-38-36-34-32-30-28-26-23-20-17-14-11-8-5-2/h8,11,16-17,19-20,25-28,31-34,37-39,41,47,50,55,58,63-66,68-70,72,74-76,78-79H,4-7,9-10,12-15,18,21-24,29-30,35-36,40,42-46,48-49,51-54,56-57,59-62H2,1-3H3,(H,73,80)/b11-8-,19-16-,20-17-,27-25-,28-26-,33-31-,34-32-,39-37-,41-38-,50-47-,58-55+. The quantitative estimate of drug-likeness (QED) is 0.0195. The summed E-state index contributed by atoms with van der Waals surface area (Å²) in [4.78, 5) is 26.6. The van der Waals surface area contributed by atoms with Crippen molar-refractivity contribution in [2.75, 3.05) is 13.2 Å². The number of aliphatic hydroxyl groups excluding tert-OH is 5. The number of allylic oxidation sites excluding steroid dienone is 21. The Kier molecular flexibility index (Phi) is 53.9. The molecule has 0 aromatic carbocycles. The fourth-order valence-electron chi connectivity index (χ4n) is 9.35. The van der Waals surface area contributed by atoms with Crippen molar-refractivity contribution < 1.29 is 49.3 Å². The predicted octanol–water partition coefficient (Wildman–Crippen LogP) is 16.4. The van der Waals surface area contributed by atoms with Crippen molar-refractivity contribution in [2.45, 2.75) is 294 Å². The first-order valence-electron chi connectivity index (χ1n) is 33.0. The molecule has 1 aliphatic rings. The number of hydrogen-bond acceptors (Lipinski definition) is 10. The fourth-order valence-corrected chi connectivity index (χ4v) is 9.35. The Morgan fingerprint density at radius 3 is 1.33 bits per heavy atom. The first kappa shape index (κ1) is 76.8. The molecule has 1 aliphatic heterocycles. The van der Waals surface area contributed by atoms with E-state index < -0.39 is 67.4 Å². The third-order valence-corrected chi connectivity index (χ3v) is 14.5. The lowest BCUT2D eigenvalue weighted by Gasteiger charge is -2.41. The van der Waals surface area contributed by atoms with E-state index in [2.05, 4.69) is 142 Å². The molecule has 1 heterocycles. The number of rotatable bonds is 54. The van der Waals surface area contributed by atoms with Crippen molar-refractivity contribution >= 4 is 11.9 Å². The number of aliphatic hydroxyl groups is 5. The highest BCUT2D eigenvalue weighted by atomic mass is 16.7. The molecule has 8 atom stereocenters. The van der Waals surface area contributed by atoms with Gasteiger partial charge in [0.1, 0.15) is 24.4 Å². The Balaban J connectivity index is 2.72. The molecule has 11 heteroatoms. The van der Waals surface area contributed by atoms with Gasteiger partial charge in [0.05, 0.1) is 25.4 Å². The lowest BCUT2D eigenvalue weighted by molar-refractivity contribution is -0.305. The summed E-state index contributed by atoms with van der Waals surface area (Å²) < 4.78 is 17.6. The summed E-state index contributed by atoms with van der Waals surface area (Å²) in [7, 11) is 0. The van der Waals surface area contributed by atoms with E-state index in [-0.39, 0.29) is 19.4 Å². The normalized spacial score (nSPS) is 19.4. The van der Waals surface area contributed by atoms with Gasteiger partial charge in [0, 0.05) is 6.42 Å². The van der Waals surface area contributed by atoms with Crippen LogP contribution in [0.25, 0.3) is 0 Å². The zero-order valence-electron chi connectivity index (χ0n) is 52.3. The van der Waals surface area contributed by atoms with E-state index in [1.54, 1.807) is 6.08 Å². The first-order chi connectivity index (χ1) is 40.7. The van der Waals surface area contributed by atoms with Gasteiger partial charge in [0.2, 0.25) is 5.91 Å². The third-order valence-electron chi connectivity index (χ3n) is 14.5. The number of amides is 1. The molecule has 1 fully saturated rings. The molecular formula is C72H119NO10. The largest absolute Gasteiger partial charge is 0.454 e. The van der Waals surface area contributed by atoms with E-state index in [0.29, 0.717) is 19.3 Å². The van der Waals surface area contributed by atoms with E-state index in [1.165, 1.54) is 77.0 Å². The Morgan fingerprint density at radius 1 is 0.482 bits per heavy atom. The fraction of sp³-hybridized carbons (Fsp3) is 0.667. The van der Waals surface area contributed by atoms with Crippen molar-refractivity contribution in [1.29, 1.82) is 0 Å². The number of esters is 1. The van der Waals surface area contributed by atoms with Crippen LogP contribution >= 0.6 is 0 Å². The average Bonchev–Trinajstić information content (AvgIpc) is 3.54. The van der Waals surface area contributed by atoms with Gasteiger partial charge in [0.25, 0.3) is 0 Å². The van der Waals surface area contributed by atoms with Crippen LogP contribution in [0.1, 0.15) is 245 Å². The molecule has 0 radical (unpaired) electrons. The highest BCUT2D eigenvalue weighted by Gasteiger charge is 2.47. The summed E-state index contributed by atoms with van der Waals surface area (Å²) in [6.45, 7) is 5.61. The van der Waals surface area contributed by atoms with E-state index in [9.17, 15) is 35.1 Å². The van der Waals surface area contributed by atoms with Gasteiger partial charge in [0.15, 0.2) is 12.4 Å². The minimum absolute atomic E-state index is 0.0892. The summed E-state index contributed by atoms with van der Waals surface area (Å²) in [5.41, 5.74) is 0. The lowest BCUT2D eigenvalue weighted by atomic mass is 9.99. The number of carbonyl (C=O) groups excluding carboxylic acids is 2. The van der Waals surface area contributed by atoms with Crippen LogP contribution in [0.2, 0.25) is 0 Å². The summed E-state index contributed by atoms with van der Waals surface area (Å²) >= 11 is 0. The molecule has 8 unspecified atom stereocenters. The van der Waals surface area contributed by atoms with E-state index >= 15 is 0 Å². The van der Waals surface area contributed by atoms with Crippen LogP contribution < -0.4 is 5.32 Å². The number of hydrogen-bond donors (Lipinski definition) is 6. The molecule has 11 nitrogen and oxygen atoms in total. The Labute approximate surface area is 505 Å². The van der Waals surface area contributed by atoms with Gasteiger partial charge < -0.3 is 45.1 Å². The van der Waals surface area contributed by atoms with E-state index in [4.69, 9.17) is 14.2 Å². The molecular weight excluding hydrogens is 1040 g/mol. The maximum Gasteiger partial charge on any atom is 0.306 e. The molecule has 1 saturated heterocycles. The summed E-state index contributed by atoms with van der Waals surface area (Å²) in [5, 5.41) is 57.1. The van der Waals surface area contributed by atoms with Crippen LogP contribution in [0.3, 0.4) is 0 Å². The second-order valence-electron chi connectivity index (χ2n) is 22.1. The van der Waals surface area contributed by atoms with Crippen LogP contribution in [-0.4, -0.2) is 99.6 Å². The smallest absolute Gasteiger partial charge is 0.306 e. The molecule has 0 aromatic heterocycles. The van der Waals surface area contributed by atoms with Crippen LogP contribution in [0, 0.1) is 0 Å². The average molecular weight is 1160 g/mol. The highest BCUT2D eigenvalue weighted by Crippen LogP contribution is 2.26. The molecule has 0 aliphatic carbocycles. The van der Waals surface area contributed by atoms with Gasteiger partial charge in [-0.05, 0) is 122 Å². The molecule has 0 aromatic rings. The zero-order valence-corrected chi connectivity index (χ0v) is 52.3. The van der Waals surface area contributed by atoms with Crippen LogP contribution in [-0.2, 0) is 23.8 Å². The van der Waals surface area contributed by atoms with Crippen LogP contribution in [0.15, 0.2) is 134 Å². The van der Waals surface area contributed by atoms with Crippen molar-refractivity contribution in [3.8, 4) is 0 Å². The maximum atomic E-state index is 13.4. The number of unbranched alkanes of at least 4 members (excludes halogenated alkanes) is 20. The summed E-state index contributed by atoms with van der Waals surface area (Å²) in [5.74, 6) is -1.27. The van der Waals surface area contributed by atoms with Crippen molar-refractivity contribution in [2.24, 2.45) is 0 Å². The molecule has 83 heavy (non-hydrogen) atoms. The zero-order chi connectivity index (χ0) is 60.3. The summed E-state index contributed by atoms with van der Waals surface area (Å²) in [6.07, 6.45) is 71.9. The minimum atomic E-state index is -1.64. The van der Waals surface area contributed by atoms with Crippen LogP contribution in [0.5, 0.6) is 0 Å². The highest BCUT2D eigenvalue weighted by molar-refractivity contribution is 5.80. The number of carbonyl (C=O) groups is 2. The molecule has 1 amide bonds. The SMILES string of the molecule is CC/C=C\C/C=C\C/C=C\C/C=C\C/C=C\C/C=C\CCCC(O)C(=O)NC(COC1OC(CO)C(O)C(O)C1OC(=O)CCCCCCC/C=C\C/C=C\C/C=C\C/C=C\CCCCC)C(O)/C=C/CCCCCCCCCCCCC. The number of ether oxygens (including phenoxy) is 3. The second-order valence-corrected chi connectivity index (χ2v) is 22.1. The molecule has 1 rings (SSSR count). The maximum absolute atomic E-state index is 13.4. The first-order valence-corrected chi connectivity index (χ1v) is 33.0. The van der Waals surface area contributed by atoms with Gasteiger partial charge in [-0.15, -0.1) is 0 Å². The predicted molar refractivity (Wildman–Crippen MR) is 347 cm³/mol. The van der Waals surface area contributed by atoms with Gasteiger partial charge in [-0.2, -0.15) is 0 Å². The molecule has 0 bridgehead atoms. The van der Waals surface area contributed by atoms with Crippen molar-refractivity contribution in [3.63, 3.8) is 0 Å².